The van der Waals surface area contributed by atoms with Gasteiger partial charge in [0.2, 0.25) is 0 Å². The Bertz CT molecular complexity index is 7920. The normalized spacial score (nSPS) is 45.8. The number of benzene rings is 5. The molecule has 12 unspecified atom stereocenters. The number of ether oxygens (including phenoxy) is 10. The molecule has 5 aromatic carbocycles. The first-order valence-corrected chi connectivity index (χ1v) is 36.2. The summed E-state index contributed by atoms with van der Waals surface area (Å²) in [6.07, 6.45) is -38.7. The highest BCUT2D eigenvalue weighted by atomic mass is 16.5. The average Bonchev–Trinajstić information content (AvgIpc) is 0.633. The van der Waals surface area contributed by atoms with Crippen molar-refractivity contribution in [3.63, 3.8) is 0 Å². The van der Waals surface area contributed by atoms with Crippen LogP contribution in [0.2, 0.25) is 0 Å². The fraction of sp³-hybridized carbons (Fsp3) is 0.639. The number of ketones is 5. The third-order valence-electron chi connectivity index (χ3n) is 18.9. The van der Waals surface area contributed by atoms with Crippen molar-refractivity contribution in [1.29, 1.82) is 0 Å². The van der Waals surface area contributed by atoms with Crippen molar-refractivity contribution >= 4 is 28.9 Å². The molecule has 20 nitrogen and oxygen atoms in total. The van der Waals surface area contributed by atoms with Crippen molar-refractivity contribution in [2.24, 2.45) is 59.1 Å². The van der Waals surface area contributed by atoms with Crippen molar-refractivity contribution in [3.05, 3.63) is 116 Å². The highest BCUT2D eigenvalue weighted by molar-refractivity contribution is 5.86. The lowest BCUT2D eigenvalue weighted by atomic mass is 9.79. The number of carbonyl (C=O) groups is 5. The Hall–Kier alpha value is -7.75. The molecule has 10 aliphatic heterocycles. The predicted octanol–water partition coefficient (Wildman–Crippen LogP) is 17.0. The number of methoxy groups -OCH3 is 10. The van der Waals surface area contributed by atoms with Gasteiger partial charge in [-0.15, -0.1) is 0 Å². The van der Waals surface area contributed by atoms with Crippen LogP contribution < -0.4 is 47.4 Å². The maximum Gasteiger partial charge on any atom is 0.161 e. The van der Waals surface area contributed by atoms with Crippen LogP contribution in [0.3, 0.4) is 0 Å². The van der Waals surface area contributed by atoms with Gasteiger partial charge in [0.15, 0.2) is 57.5 Å². The van der Waals surface area contributed by atoms with Gasteiger partial charge in [0.25, 0.3) is 0 Å². The summed E-state index contributed by atoms with van der Waals surface area (Å²) in [6, 6.07) is -19.6. The lowest BCUT2D eigenvalue weighted by molar-refractivity contribution is -0.130. The van der Waals surface area contributed by atoms with Crippen LogP contribution in [0.15, 0.2) is 60.5 Å². The molecule has 0 aromatic heterocycles. The fourth-order valence-electron chi connectivity index (χ4n) is 13.4. The molecular formula is C97H139N5O15. The van der Waals surface area contributed by atoms with Crippen LogP contribution in [-0.4, -0.2) is 189 Å². The van der Waals surface area contributed by atoms with Gasteiger partial charge >= 0.3 is 0 Å². The zero-order valence-electron chi connectivity index (χ0n) is 141. The van der Waals surface area contributed by atoms with Crippen molar-refractivity contribution in [3.8, 4) is 57.5 Å². The Morgan fingerprint density at radius 2 is 0.778 bits per heavy atom. The standard InChI is InChI=1S/2C20H29NO3.3C19H27NO3/c2*1-5-13(2)8-15-12-21-7-6-14-9-19(23-3)20(24-4)10-16(14)17(21)11-18(15)22;3*1-12(2)7-14-11-20-6-5-13-8-18(22-3)19(23-4)9-15(13)16(20)10-17(14)21/h2*9-10,13,15,17H,5-8,11-12H2,1-4H3;3*8-9,12,14,16H,5-7,10-11H2,1-4H3/i2D3,3D3,5D2,6D2,7D2,8D2,9D,10D,11D2,12D2,13D,15D,17D;2D3,3D3,5D2,6D2,7D2,8D2,9D,10D,12D2,13D,17D;3D3,5D2,6D2,8D,9D,10D2,11D2,14D,16D;3D3,5D2,6D2,8D,9D,11D2,16D;3D3,4D3. The van der Waals surface area contributed by atoms with Gasteiger partial charge < -0.3 is 47.4 Å². The second-order valence-electron chi connectivity index (χ2n) is 28.0. The highest BCUT2D eigenvalue weighted by Crippen LogP contribution is 2.49. The van der Waals surface area contributed by atoms with E-state index in [4.69, 9.17) is 147 Å². The maximum atomic E-state index is 14.1. The Morgan fingerprint density at radius 3 is 1.21 bits per heavy atom. The van der Waals surface area contributed by atoms with Crippen molar-refractivity contribution in [1.82, 2.24) is 24.5 Å². The van der Waals surface area contributed by atoms with Gasteiger partial charge in [0, 0.05) is 220 Å². The summed E-state index contributed by atoms with van der Waals surface area (Å²) in [5.41, 5.74) is -7.22. The topological polar surface area (TPSA) is 194 Å². The van der Waals surface area contributed by atoms with Crippen molar-refractivity contribution < 1.29 is 176 Å². The molecular weight excluding hydrogens is 1480 g/mol. The van der Waals surface area contributed by atoms with E-state index in [-0.39, 0.29) is 51.4 Å². The molecule has 117 heavy (non-hydrogen) atoms. The Labute approximate surface area is 806 Å². The van der Waals surface area contributed by atoms with Crippen LogP contribution in [0.1, 0.15) is 336 Å². The minimum Gasteiger partial charge on any atom is -0.493 e. The summed E-state index contributed by atoms with van der Waals surface area (Å²) in [7, 11) is -14.9. The maximum absolute atomic E-state index is 14.1. The molecule has 5 aromatic rings. The second-order valence-corrected chi connectivity index (χ2v) is 28.0. The zero-order chi connectivity index (χ0) is 151. The molecule has 5 saturated heterocycles. The van der Waals surface area contributed by atoms with Crippen LogP contribution in [0.4, 0.5) is 0 Å². The molecule has 20 heteroatoms. The monoisotopic (exact) mass is 1690 g/mol. The van der Waals surface area contributed by atoms with Gasteiger partial charge in [-0.2, -0.15) is 0 Å². The third-order valence-corrected chi connectivity index (χ3v) is 18.9. The first-order chi connectivity index (χ1) is 85.4. The van der Waals surface area contributed by atoms with E-state index in [9.17, 15) is 28.1 Å². The zero-order valence-corrected chi connectivity index (χ0v) is 65.4. The lowest BCUT2D eigenvalue weighted by Crippen LogP contribution is -2.46. The molecule has 642 valence electrons. The van der Waals surface area contributed by atoms with E-state index in [0.29, 0.717) is 44.1 Å². The van der Waals surface area contributed by atoms with Crippen LogP contribution in [-0.2, 0) is 55.9 Å². The number of nitrogens with zero attached hydrogens (tertiary/aromatic N) is 5. The Kier molecular flexibility index (Phi) is 11.8. The number of Topliss-reactive ketones (excluding diaryl/α,β-unsaturated/α-hetero) is 5. The van der Waals surface area contributed by atoms with Gasteiger partial charge in [0.05, 0.1) is 112 Å². The first-order valence-electron chi connectivity index (χ1n) is 74.2. The number of hydrogen-bond acceptors (Lipinski definition) is 20. The van der Waals surface area contributed by atoms with E-state index in [2.05, 4.69) is 18.7 Å². The summed E-state index contributed by atoms with van der Waals surface area (Å²) < 4.78 is 680. The molecule has 0 N–H and O–H groups in total. The SMILES string of the molecule is [2H]C([2H])([2H])Oc1cc2c(cc1OC([2H])([2H])[2H])C1CC(=O)C(CC(C)C)CN1CC2.[2H]c1c(OC([2H])([2H])[2H])c(OC)c([2H])c2c1C([2H])([2H])C([2H])([2H])N1C([2H])([2H])C([2H])(C([2H])([2H])C([2H])(C([2H])([2H])[2H])C([2H])([2H])C)C(=O)C([2H])([2H])C21[2H].[2H]c1c(OC([2H])([2H])[2H])c(OC)c([2H])c2c1C([2H])([2H])C([2H])([2H])N1C([2H])([2H])C([2H])(CC(C)C)C(=O)C([2H])([2H])C21[2H].[2H]c1c(OC)c(OC([2H])([2H])[2H])c([2H])c2c1C1([2H])CC(=O)C(C([2H])([2H])C([2H])(C([2H])([2H])[2H])C([2H])([2H])C)C([2H])([2H])N1C([2H])([2H])C2([2H])[2H].[2H]c1c(OC)c(OC([2H])([2H])[2H])c([2H])c2c1C1([2H])CC(=O)C(CC(C)C)C([2H])([2H])N1C([2H])([2H])C2([2H])[2H]. The molecule has 12 atom stereocenters. The molecule has 10 heterocycles. The third kappa shape index (κ3) is 21.0. The smallest absolute Gasteiger partial charge is 0.161 e. The number of carbonyl (C=O) groups excluding carboxylic acids is 5. The summed E-state index contributed by atoms with van der Waals surface area (Å²) in [5.74, 6) is -34.7. The van der Waals surface area contributed by atoms with Crippen LogP contribution in [0.25, 0.3) is 0 Å². The van der Waals surface area contributed by atoms with E-state index in [0.717, 1.165) is 52.5 Å². The molecule has 0 radical (unpaired) electrons. The number of fused-ring (bicyclic) bond motifs is 15. The molecule has 0 saturated carbocycles. The summed E-state index contributed by atoms with van der Waals surface area (Å²) in [5, 5.41) is 0. The van der Waals surface area contributed by atoms with Crippen molar-refractivity contribution in [2.45, 2.75) is 208 Å². The number of rotatable bonds is 22. The molecule has 5 fully saturated rings. The van der Waals surface area contributed by atoms with E-state index in [1.165, 1.54) is 19.9 Å². The predicted molar refractivity (Wildman–Crippen MR) is 460 cm³/mol. The fourth-order valence-corrected chi connectivity index (χ4v) is 13.4. The van der Waals surface area contributed by atoms with Gasteiger partial charge in [-0.1, -0.05) is 81.8 Å². The molecule has 15 rings (SSSR count). The molecule has 0 spiro atoms. The van der Waals surface area contributed by atoms with Gasteiger partial charge in [-0.05, 0) is 210 Å². The second kappa shape index (κ2) is 41.0. The van der Waals surface area contributed by atoms with Gasteiger partial charge in [0.1, 0.15) is 28.9 Å². The average molecular weight is 1690 g/mol. The Balaban J connectivity index is 0.000000224. The van der Waals surface area contributed by atoms with E-state index >= 15 is 0 Å². The van der Waals surface area contributed by atoms with Crippen molar-refractivity contribution in [2.75, 3.05) is 136 Å². The molecule has 10 aliphatic rings. The summed E-state index contributed by atoms with van der Waals surface area (Å²) >= 11 is 0. The molecule has 0 aliphatic carbocycles. The first kappa shape index (κ1) is 33.6. The van der Waals surface area contributed by atoms with E-state index < -0.39 is 423 Å². The number of hydrogen-bond donors (Lipinski definition) is 0. The van der Waals surface area contributed by atoms with E-state index in [1.807, 2.05) is 0 Å². The summed E-state index contributed by atoms with van der Waals surface area (Å²) in [4.78, 5) is 68.8. The molecule has 0 amide bonds. The largest absolute Gasteiger partial charge is 0.493 e. The quantitative estimate of drug-likeness (QED) is 0.0634. The van der Waals surface area contributed by atoms with Crippen LogP contribution >= 0.6 is 0 Å². The minimum atomic E-state index is -4.69. The van der Waals surface area contributed by atoms with E-state index in [1.54, 1.807) is 19.9 Å². The highest BCUT2D eigenvalue weighted by Gasteiger charge is 2.45. The summed E-state index contributed by atoms with van der Waals surface area (Å²) in [6.45, 7) is -24.8. The lowest BCUT2D eigenvalue weighted by Gasteiger charge is -2.43. The van der Waals surface area contributed by atoms with Crippen LogP contribution in [0.5, 0.6) is 57.5 Å². The minimum absolute atomic E-state index is 0.0177. The Morgan fingerprint density at radius 1 is 0.410 bits per heavy atom. The number of piperidine rings is 5. The molecule has 0 bridgehead atoms. The van der Waals surface area contributed by atoms with Crippen LogP contribution in [0, 0.1) is 59.1 Å². The van der Waals surface area contributed by atoms with Gasteiger partial charge in [-0.25, -0.2) is 0 Å². The van der Waals surface area contributed by atoms with Gasteiger partial charge in [-0.3, -0.25) is 48.5 Å².